The largest absolute Gasteiger partial charge is 0.397 e. The molecular weight excluding hydrogens is 328 g/mol. The van der Waals surface area contributed by atoms with E-state index in [0.717, 1.165) is 3.79 Å². The molecule has 0 atom stereocenters. The molecule has 0 aliphatic carbocycles. The van der Waals surface area contributed by atoms with Crippen LogP contribution in [0.4, 0.5) is 11.4 Å². The lowest BCUT2D eigenvalue weighted by molar-refractivity contribution is 0.0981. The topological polar surface area (TPSA) is 66.6 Å². The van der Waals surface area contributed by atoms with Gasteiger partial charge in [-0.25, -0.2) is 0 Å². The van der Waals surface area contributed by atoms with Gasteiger partial charge in [0, 0.05) is 11.9 Å². The van der Waals surface area contributed by atoms with Crippen molar-refractivity contribution in [2.24, 2.45) is 0 Å². The van der Waals surface area contributed by atoms with Gasteiger partial charge in [-0.3, -0.25) is 4.79 Å². The SMILES string of the molecule is Nc1ccccc1N(CCO)C(=O)c1csc(Br)c1. The molecule has 0 fully saturated rings. The van der Waals surface area contributed by atoms with Crippen LogP contribution in [0.25, 0.3) is 0 Å². The molecule has 0 unspecified atom stereocenters. The van der Waals surface area contributed by atoms with Crippen molar-refractivity contribution >= 4 is 44.5 Å². The average molecular weight is 341 g/mol. The minimum absolute atomic E-state index is 0.120. The van der Waals surface area contributed by atoms with Gasteiger partial charge >= 0.3 is 0 Å². The Morgan fingerprint density at radius 1 is 1.42 bits per heavy atom. The first-order valence-corrected chi connectivity index (χ1v) is 7.32. The summed E-state index contributed by atoms with van der Waals surface area (Å²) >= 11 is 4.78. The zero-order valence-corrected chi connectivity index (χ0v) is 12.4. The van der Waals surface area contributed by atoms with Crippen molar-refractivity contribution in [3.05, 3.63) is 45.1 Å². The van der Waals surface area contributed by atoms with Gasteiger partial charge in [0.05, 0.1) is 27.3 Å². The highest BCUT2D eigenvalue weighted by Gasteiger charge is 2.19. The first-order valence-electron chi connectivity index (χ1n) is 5.64. The molecule has 1 heterocycles. The number of nitrogen functional groups attached to an aromatic ring is 1. The fourth-order valence-electron chi connectivity index (χ4n) is 1.74. The quantitative estimate of drug-likeness (QED) is 0.841. The molecule has 2 rings (SSSR count). The molecule has 0 aliphatic rings. The Bertz CT molecular complexity index is 586. The number of benzene rings is 1. The van der Waals surface area contributed by atoms with Gasteiger partial charge < -0.3 is 15.7 Å². The molecule has 0 saturated carbocycles. The summed E-state index contributed by atoms with van der Waals surface area (Å²) in [6.07, 6.45) is 0. The van der Waals surface area contributed by atoms with Crippen LogP contribution in [0.3, 0.4) is 0 Å². The third-order valence-electron chi connectivity index (χ3n) is 2.61. The number of hydrogen-bond acceptors (Lipinski definition) is 4. The Hall–Kier alpha value is -1.37. The van der Waals surface area contributed by atoms with Crippen molar-refractivity contribution in [3.63, 3.8) is 0 Å². The summed E-state index contributed by atoms with van der Waals surface area (Å²) in [5, 5.41) is 10.9. The van der Waals surface area contributed by atoms with Gasteiger partial charge in [0.25, 0.3) is 5.91 Å². The minimum Gasteiger partial charge on any atom is -0.397 e. The molecule has 0 aliphatic heterocycles. The van der Waals surface area contributed by atoms with Crippen LogP contribution in [-0.2, 0) is 0 Å². The van der Waals surface area contributed by atoms with Crippen LogP contribution in [0.1, 0.15) is 10.4 Å². The van der Waals surface area contributed by atoms with E-state index < -0.39 is 0 Å². The van der Waals surface area contributed by atoms with Gasteiger partial charge in [-0.2, -0.15) is 0 Å². The van der Waals surface area contributed by atoms with Crippen molar-refractivity contribution in [1.29, 1.82) is 0 Å². The van der Waals surface area contributed by atoms with Crippen LogP contribution in [0.2, 0.25) is 0 Å². The number of thiophene rings is 1. The molecule has 19 heavy (non-hydrogen) atoms. The fraction of sp³-hybridized carbons (Fsp3) is 0.154. The smallest absolute Gasteiger partial charge is 0.259 e. The lowest BCUT2D eigenvalue weighted by Crippen LogP contribution is -2.33. The third kappa shape index (κ3) is 3.15. The number of anilines is 2. The van der Waals surface area contributed by atoms with Crippen LogP contribution in [0.15, 0.2) is 39.5 Å². The van der Waals surface area contributed by atoms with E-state index in [1.165, 1.54) is 16.2 Å². The van der Waals surface area contributed by atoms with E-state index in [9.17, 15) is 4.79 Å². The van der Waals surface area contributed by atoms with E-state index in [0.29, 0.717) is 16.9 Å². The Morgan fingerprint density at radius 2 is 2.16 bits per heavy atom. The van der Waals surface area contributed by atoms with Gasteiger partial charge in [-0.15, -0.1) is 11.3 Å². The summed E-state index contributed by atoms with van der Waals surface area (Å²) in [7, 11) is 0. The summed E-state index contributed by atoms with van der Waals surface area (Å²) in [5.41, 5.74) is 7.60. The van der Waals surface area contributed by atoms with E-state index >= 15 is 0 Å². The number of aliphatic hydroxyl groups excluding tert-OH is 1. The number of hydrogen-bond donors (Lipinski definition) is 2. The Morgan fingerprint density at radius 3 is 2.74 bits per heavy atom. The number of halogens is 1. The number of para-hydroxylation sites is 2. The molecule has 4 nitrogen and oxygen atoms in total. The number of rotatable bonds is 4. The number of carbonyl (C=O) groups excluding carboxylic acids is 1. The van der Waals surface area contributed by atoms with Crippen molar-refractivity contribution in [2.45, 2.75) is 0 Å². The minimum atomic E-state index is -0.172. The molecule has 1 amide bonds. The predicted molar refractivity (Wildman–Crippen MR) is 81.6 cm³/mol. The highest BCUT2D eigenvalue weighted by Crippen LogP contribution is 2.27. The fourth-order valence-corrected chi connectivity index (χ4v) is 2.87. The molecule has 2 aromatic rings. The van der Waals surface area contributed by atoms with Gasteiger partial charge in [-0.1, -0.05) is 12.1 Å². The number of amides is 1. The van der Waals surface area contributed by atoms with Crippen molar-refractivity contribution < 1.29 is 9.90 Å². The maximum absolute atomic E-state index is 12.4. The number of aliphatic hydroxyl groups is 1. The zero-order chi connectivity index (χ0) is 13.8. The standard InChI is InChI=1S/C13H13BrN2O2S/c14-12-7-9(8-19-12)13(18)16(5-6-17)11-4-2-1-3-10(11)15/h1-4,7-8,17H,5-6,15H2. The van der Waals surface area contributed by atoms with E-state index in [4.69, 9.17) is 10.8 Å². The second-order valence-corrected chi connectivity index (χ2v) is 6.17. The molecule has 1 aromatic carbocycles. The maximum Gasteiger partial charge on any atom is 0.259 e. The summed E-state index contributed by atoms with van der Waals surface area (Å²) in [5.74, 6) is -0.172. The molecule has 100 valence electrons. The molecule has 0 bridgehead atoms. The average Bonchev–Trinajstić information content (AvgIpc) is 2.83. The highest BCUT2D eigenvalue weighted by molar-refractivity contribution is 9.11. The van der Waals surface area contributed by atoms with E-state index in [2.05, 4.69) is 15.9 Å². The van der Waals surface area contributed by atoms with Gasteiger partial charge in [-0.05, 0) is 34.1 Å². The van der Waals surface area contributed by atoms with Gasteiger partial charge in [0.2, 0.25) is 0 Å². The second kappa shape index (κ2) is 6.18. The number of carbonyl (C=O) groups is 1. The lowest BCUT2D eigenvalue weighted by atomic mass is 10.2. The van der Waals surface area contributed by atoms with Crippen molar-refractivity contribution in [2.75, 3.05) is 23.8 Å². The molecule has 0 radical (unpaired) electrons. The molecule has 0 spiro atoms. The summed E-state index contributed by atoms with van der Waals surface area (Å²) in [6.45, 7) is 0.0892. The van der Waals surface area contributed by atoms with Crippen LogP contribution in [0, 0.1) is 0 Å². The van der Waals surface area contributed by atoms with Crippen molar-refractivity contribution in [1.82, 2.24) is 0 Å². The third-order valence-corrected chi connectivity index (χ3v) is 4.12. The van der Waals surface area contributed by atoms with Gasteiger partial charge in [0.1, 0.15) is 0 Å². The van der Waals surface area contributed by atoms with E-state index in [1.807, 2.05) is 12.1 Å². The lowest BCUT2D eigenvalue weighted by Gasteiger charge is -2.22. The molecular formula is C13H13BrN2O2S. The summed E-state index contributed by atoms with van der Waals surface area (Å²) < 4.78 is 0.890. The number of nitrogens with zero attached hydrogens (tertiary/aromatic N) is 1. The summed E-state index contributed by atoms with van der Waals surface area (Å²) in [6, 6.07) is 8.88. The second-order valence-electron chi connectivity index (χ2n) is 3.88. The van der Waals surface area contributed by atoms with Crippen LogP contribution in [-0.4, -0.2) is 24.2 Å². The van der Waals surface area contributed by atoms with Crippen LogP contribution < -0.4 is 10.6 Å². The van der Waals surface area contributed by atoms with Gasteiger partial charge in [0.15, 0.2) is 0 Å². The van der Waals surface area contributed by atoms with Crippen LogP contribution >= 0.6 is 27.3 Å². The zero-order valence-electron chi connectivity index (χ0n) is 10.0. The first-order chi connectivity index (χ1) is 9.13. The Balaban J connectivity index is 2.35. The molecule has 6 heteroatoms. The highest BCUT2D eigenvalue weighted by atomic mass is 79.9. The number of nitrogens with two attached hydrogens (primary N) is 1. The van der Waals surface area contributed by atoms with E-state index in [-0.39, 0.29) is 19.1 Å². The Labute approximate surface area is 123 Å². The summed E-state index contributed by atoms with van der Waals surface area (Å²) in [4.78, 5) is 13.9. The maximum atomic E-state index is 12.4. The van der Waals surface area contributed by atoms with Crippen LogP contribution in [0.5, 0.6) is 0 Å². The normalized spacial score (nSPS) is 10.4. The molecule has 3 N–H and O–H groups in total. The Kier molecular flexibility index (Phi) is 4.57. The predicted octanol–water partition coefficient (Wildman–Crippen LogP) is 2.73. The monoisotopic (exact) mass is 340 g/mol. The molecule has 1 aromatic heterocycles. The first kappa shape index (κ1) is 14.0. The molecule has 0 saturated heterocycles. The van der Waals surface area contributed by atoms with E-state index in [1.54, 1.807) is 23.6 Å². The van der Waals surface area contributed by atoms with Crippen molar-refractivity contribution in [3.8, 4) is 0 Å².